The summed E-state index contributed by atoms with van der Waals surface area (Å²) in [5, 5.41) is 15.8. The molecule has 198 valence electrons. The molecule has 0 aliphatic rings. The van der Waals surface area contributed by atoms with Gasteiger partial charge < -0.3 is 18.9 Å². The van der Waals surface area contributed by atoms with E-state index in [-0.39, 0.29) is 45.3 Å². The number of benzene rings is 3. The van der Waals surface area contributed by atoms with Crippen LogP contribution in [0.1, 0.15) is 31.2 Å². The number of rotatable bonds is 8. The van der Waals surface area contributed by atoms with Crippen LogP contribution >= 0.6 is 0 Å². The molecule has 0 aliphatic heterocycles. The van der Waals surface area contributed by atoms with Crippen LogP contribution in [0.15, 0.2) is 72.8 Å². The van der Waals surface area contributed by atoms with Crippen molar-refractivity contribution >= 4 is 23.6 Å². The predicted molar refractivity (Wildman–Crippen MR) is 136 cm³/mol. The zero-order valence-electron chi connectivity index (χ0n) is 20.9. The van der Waals surface area contributed by atoms with Gasteiger partial charge in [-0.2, -0.15) is 5.10 Å². The number of carbonyl (C=O) groups is 3. The largest absolute Gasteiger partial charge is 0.465 e. The lowest BCUT2D eigenvalue weighted by atomic mass is 10.0. The summed E-state index contributed by atoms with van der Waals surface area (Å²) in [6, 6.07) is 18.5. The Kier molecular flexibility index (Phi) is 7.66. The van der Waals surface area contributed by atoms with Crippen molar-refractivity contribution in [1.29, 1.82) is 0 Å². The number of nitro groups is 1. The molecule has 4 rings (SSSR count). The van der Waals surface area contributed by atoms with E-state index in [9.17, 15) is 24.5 Å². The quantitative estimate of drug-likeness (QED) is 0.137. The number of nitrogens with zero attached hydrogens (tertiary/aromatic N) is 3. The molecule has 12 nitrogen and oxygen atoms in total. The number of hydrogen-bond acceptors (Lipinski definition) is 10. The minimum Gasteiger partial charge on any atom is -0.465 e. The number of para-hydroxylation sites is 2. The number of carbonyl (C=O) groups excluding carboxylic acids is 3. The summed E-state index contributed by atoms with van der Waals surface area (Å²) in [4.78, 5) is 48.9. The second-order valence-electron chi connectivity index (χ2n) is 7.83. The van der Waals surface area contributed by atoms with Crippen LogP contribution in [0.25, 0.3) is 16.9 Å². The fraction of sp³-hybridized carbons (Fsp3) is 0.111. The molecule has 0 N–H and O–H groups in total. The van der Waals surface area contributed by atoms with Crippen LogP contribution in [0.2, 0.25) is 0 Å². The van der Waals surface area contributed by atoms with E-state index in [1.807, 2.05) is 0 Å². The number of aromatic nitrogens is 2. The van der Waals surface area contributed by atoms with E-state index in [1.54, 1.807) is 48.5 Å². The first-order valence-corrected chi connectivity index (χ1v) is 11.3. The van der Waals surface area contributed by atoms with Crippen LogP contribution in [0, 0.1) is 10.1 Å². The summed E-state index contributed by atoms with van der Waals surface area (Å²) in [6.45, 7) is 0. The molecule has 0 aliphatic carbocycles. The first-order chi connectivity index (χ1) is 18.8. The lowest BCUT2D eigenvalue weighted by Crippen LogP contribution is -2.15. The molecular formula is C27H21N3O9. The fourth-order valence-electron chi connectivity index (χ4n) is 3.80. The highest BCUT2D eigenvalue weighted by Crippen LogP contribution is 2.38. The highest BCUT2D eigenvalue weighted by atomic mass is 16.6. The summed E-state index contributed by atoms with van der Waals surface area (Å²) >= 11 is 0. The van der Waals surface area contributed by atoms with Gasteiger partial charge in [-0.05, 0) is 30.3 Å². The van der Waals surface area contributed by atoms with E-state index in [4.69, 9.17) is 18.9 Å². The molecule has 3 aromatic carbocycles. The van der Waals surface area contributed by atoms with Gasteiger partial charge in [0.05, 0.1) is 31.9 Å². The Labute approximate surface area is 221 Å². The number of ether oxygens (including phenoxy) is 4. The fourth-order valence-corrected chi connectivity index (χ4v) is 3.80. The van der Waals surface area contributed by atoms with Gasteiger partial charge in [-0.1, -0.05) is 30.3 Å². The molecule has 1 aromatic heterocycles. The van der Waals surface area contributed by atoms with E-state index in [0.717, 1.165) is 20.3 Å². The van der Waals surface area contributed by atoms with Gasteiger partial charge >= 0.3 is 17.9 Å². The standard InChI is InChI=1S/C27H21N3O9/c1-36-25(31)19-15-17(30(34)35)13-14-21(19)39-20-12-8-7-11-18(20)23-22(26(32)37-2)24(27(33)38-3)29(28-23)16-9-5-4-6-10-16/h4-15H,1-3H3. The summed E-state index contributed by atoms with van der Waals surface area (Å²) in [6.07, 6.45) is 0. The molecule has 12 heteroatoms. The minimum absolute atomic E-state index is 0.0308. The number of non-ortho nitro benzene ring substituents is 1. The SMILES string of the molecule is COC(=O)c1cc([N+](=O)[O-])ccc1Oc1ccccc1-c1nn(-c2ccccc2)c(C(=O)OC)c1C(=O)OC. The number of methoxy groups -OCH3 is 3. The molecule has 0 atom stereocenters. The average Bonchev–Trinajstić information content (AvgIpc) is 3.37. The molecule has 0 unspecified atom stereocenters. The topological polar surface area (TPSA) is 149 Å². The Morgan fingerprint density at radius 2 is 1.44 bits per heavy atom. The van der Waals surface area contributed by atoms with Crippen molar-refractivity contribution in [3.05, 3.63) is 99.7 Å². The van der Waals surface area contributed by atoms with Crippen molar-refractivity contribution in [2.75, 3.05) is 21.3 Å². The molecule has 0 amide bonds. The summed E-state index contributed by atoms with van der Waals surface area (Å²) in [5.74, 6) is -2.47. The van der Waals surface area contributed by atoms with Crippen molar-refractivity contribution in [3.63, 3.8) is 0 Å². The van der Waals surface area contributed by atoms with Crippen molar-refractivity contribution in [2.45, 2.75) is 0 Å². The summed E-state index contributed by atoms with van der Waals surface area (Å²) < 4.78 is 22.0. The molecule has 39 heavy (non-hydrogen) atoms. The number of hydrogen-bond donors (Lipinski definition) is 0. The maximum Gasteiger partial charge on any atom is 0.357 e. The highest BCUT2D eigenvalue weighted by molar-refractivity contribution is 6.07. The van der Waals surface area contributed by atoms with Gasteiger partial charge in [-0.15, -0.1) is 0 Å². The van der Waals surface area contributed by atoms with E-state index >= 15 is 0 Å². The van der Waals surface area contributed by atoms with Crippen LogP contribution in [-0.4, -0.2) is 53.9 Å². The maximum absolute atomic E-state index is 13.0. The molecule has 0 saturated carbocycles. The molecule has 1 heterocycles. The van der Waals surface area contributed by atoms with Crippen LogP contribution in [-0.2, 0) is 14.2 Å². The third-order valence-electron chi connectivity index (χ3n) is 5.60. The molecule has 0 saturated heterocycles. The number of nitro benzene ring substituents is 1. The normalized spacial score (nSPS) is 10.4. The third kappa shape index (κ3) is 5.16. The van der Waals surface area contributed by atoms with Gasteiger partial charge in [0.15, 0.2) is 5.69 Å². The molecule has 0 fully saturated rings. The van der Waals surface area contributed by atoms with Gasteiger partial charge in [0, 0.05) is 17.7 Å². The lowest BCUT2D eigenvalue weighted by Gasteiger charge is -2.13. The van der Waals surface area contributed by atoms with Gasteiger partial charge in [0.25, 0.3) is 5.69 Å². The molecule has 4 aromatic rings. The van der Waals surface area contributed by atoms with Crippen LogP contribution in [0.4, 0.5) is 5.69 Å². The van der Waals surface area contributed by atoms with Crippen molar-refractivity contribution < 1.29 is 38.3 Å². The smallest absolute Gasteiger partial charge is 0.357 e. The van der Waals surface area contributed by atoms with Crippen LogP contribution < -0.4 is 4.74 Å². The Balaban J connectivity index is 1.95. The van der Waals surface area contributed by atoms with E-state index in [0.29, 0.717) is 5.69 Å². The Morgan fingerprint density at radius 1 is 0.795 bits per heavy atom. The van der Waals surface area contributed by atoms with Gasteiger partial charge in [-0.3, -0.25) is 10.1 Å². The number of esters is 3. The monoisotopic (exact) mass is 531 g/mol. The van der Waals surface area contributed by atoms with Gasteiger partial charge in [0.1, 0.15) is 28.3 Å². The first-order valence-electron chi connectivity index (χ1n) is 11.3. The second kappa shape index (κ2) is 11.3. The average molecular weight is 531 g/mol. The Morgan fingerprint density at radius 3 is 2.08 bits per heavy atom. The molecule has 0 bridgehead atoms. The van der Waals surface area contributed by atoms with Crippen LogP contribution in [0.3, 0.4) is 0 Å². The van der Waals surface area contributed by atoms with E-state index in [2.05, 4.69) is 5.10 Å². The van der Waals surface area contributed by atoms with E-state index in [1.165, 1.54) is 30.0 Å². The zero-order valence-corrected chi connectivity index (χ0v) is 20.9. The van der Waals surface area contributed by atoms with Gasteiger partial charge in [0.2, 0.25) is 0 Å². The first kappa shape index (κ1) is 26.5. The lowest BCUT2D eigenvalue weighted by molar-refractivity contribution is -0.384. The highest BCUT2D eigenvalue weighted by Gasteiger charge is 2.32. The van der Waals surface area contributed by atoms with E-state index < -0.39 is 22.8 Å². The zero-order chi connectivity index (χ0) is 28.1. The predicted octanol–water partition coefficient (Wildman–Crippen LogP) is 4.60. The van der Waals surface area contributed by atoms with Crippen molar-refractivity contribution in [2.24, 2.45) is 0 Å². The third-order valence-corrected chi connectivity index (χ3v) is 5.60. The molecular weight excluding hydrogens is 510 g/mol. The Bertz CT molecular complexity index is 1580. The van der Waals surface area contributed by atoms with Crippen molar-refractivity contribution in [1.82, 2.24) is 9.78 Å². The second-order valence-corrected chi connectivity index (χ2v) is 7.83. The maximum atomic E-state index is 13.0. The minimum atomic E-state index is -0.859. The summed E-state index contributed by atoms with van der Waals surface area (Å²) in [5.41, 5.74) is -0.133. The van der Waals surface area contributed by atoms with Crippen LogP contribution in [0.5, 0.6) is 11.5 Å². The molecule has 0 radical (unpaired) electrons. The van der Waals surface area contributed by atoms with Crippen molar-refractivity contribution in [3.8, 4) is 28.4 Å². The Hall–Kier alpha value is -5.52. The molecule has 0 spiro atoms. The summed E-state index contributed by atoms with van der Waals surface area (Å²) in [7, 11) is 3.46. The van der Waals surface area contributed by atoms with Gasteiger partial charge in [-0.25, -0.2) is 19.1 Å².